The van der Waals surface area contributed by atoms with Gasteiger partial charge in [0, 0.05) is 34.9 Å². The first-order chi connectivity index (χ1) is 9.88. The number of carbonyl (C=O) groups excluding carboxylic acids is 1. The third kappa shape index (κ3) is 4.32. The predicted molar refractivity (Wildman–Crippen MR) is 83.1 cm³/mol. The van der Waals surface area contributed by atoms with Gasteiger partial charge in [-0.05, 0) is 26.0 Å². The standard InChI is InChI=1S/C8H10N2O2.C6H7ClN2/c1-5-6(9)3-4-10-7(5)8(11)12-2;1-4-5(8)2-3-9-6(4)7/h3-4H,1-2H3,(H2,9,10);2-3H,1H3,(H2,8,9). The van der Waals surface area contributed by atoms with Crippen molar-refractivity contribution < 1.29 is 9.53 Å². The van der Waals surface area contributed by atoms with Crippen molar-refractivity contribution >= 4 is 28.9 Å². The van der Waals surface area contributed by atoms with E-state index in [-0.39, 0.29) is 5.69 Å². The summed E-state index contributed by atoms with van der Waals surface area (Å²) in [6, 6.07) is 3.36. The number of nitrogens with zero attached hydrogens (tertiary/aromatic N) is 2. The van der Waals surface area contributed by atoms with Crippen molar-refractivity contribution in [2.45, 2.75) is 13.8 Å². The second-order valence-electron chi connectivity index (χ2n) is 4.18. The van der Waals surface area contributed by atoms with E-state index in [0.29, 0.717) is 22.1 Å². The van der Waals surface area contributed by atoms with Crippen molar-refractivity contribution in [3.8, 4) is 0 Å². The highest BCUT2D eigenvalue weighted by Gasteiger charge is 2.11. The molecule has 0 aliphatic carbocycles. The molecule has 0 fully saturated rings. The van der Waals surface area contributed by atoms with E-state index in [4.69, 9.17) is 23.1 Å². The molecule has 21 heavy (non-hydrogen) atoms. The van der Waals surface area contributed by atoms with Gasteiger partial charge in [-0.1, -0.05) is 11.6 Å². The van der Waals surface area contributed by atoms with Crippen LogP contribution in [0, 0.1) is 13.8 Å². The molecule has 0 aromatic carbocycles. The summed E-state index contributed by atoms with van der Waals surface area (Å²) >= 11 is 5.62. The van der Waals surface area contributed by atoms with Crippen LogP contribution in [-0.4, -0.2) is 23.0 Å². The number of esters is 1. The summed E-state index contributed by atoms with van der Waals surface area (Å²) < 4.78 is 4.52. The molecule has 2 aromatic rings. The zero-order valence-corrected chi connectivity index (χ0v) is 12.8. The Morgan fingerprint density at radius 1 is 1.10 bits per heavy atom. The van der Waals surface area contributed by atoms with Crippen molar-refractivity contribution in [3.05, 3.63) is 46.5 Å². The minimum atomic E-state index is -0.459. The molecule has 6 nitrogen and oxygen atoms in total. The van der Waals surface area contributed by atoms with E-state index in [1.165, 1.54) is 13.3 Å². The number of rotatable bonds is 1. The molecule has 2 heterocycles. The predicted octanol–water partition coefficient (Wildman–Crippen LogP) is 2.38. The molecule has 2 aromatic heterocycles. The van der Waals surface area contributed by atoms with E-state index < -0.39 is 5.97 Å². The summed E-state index contributed by atoms with van der Waals surface area (Å²) in [5.74, 6) is -0.459. The Kier molecular flexibility index (Phi) is 5.92. The third-order valence-electron chi connectivity index (χ3n) is 2.81. The van der Waals surface area contributed by atoms with Gasteiger partial charge in [0.15, 0.2) is 5.69 Å². The maximum absolute atomic E-state index is 11.0. The minimum Gasteiger partial charge on any atom is -0.464 e. The number of anilines is 2. The van der Waals surface area contributed by atoms with Crippen LogP contribution in [0.25, 0.3) is 0 Å². The van der Waals surface area contributed by atoms with Gasteiger partial charge in [0.05, 0.1) is 7.11 Å². The number of halogens is 1. The fraction of sp³-hybridized carbons (Fsp3) is 0.214. The van der Waals surface area contributed by atoms with Gasteiger partial charge in [-0.2, -0.15) is 0 Å². The number of ether oxygens (including phenoxy) is 1. The zero-order chi connectivity index (χ0) is 16.0. The lowest BCUT2D eigenvalue weighted by Gasteiger charge is -2.03. The van der Waals surface area contributed by atoms with Crippen molar-refractivity contribution in [1.29, 1.82) is 0 Å². The topological polar surface area (TPSA) is 104 Å². The Morgan fingerprint density at radius 2 is 1.62 bits per heavy atom. The number of nitrogen functional groups attached to an aromatic ring is 2. The lowest BCUT2D eigenvalue weighted by molar-refractivity contribution is 0.0593. The van der Waals surface area contributed by atoms with Gasteiger partial charge < -0.3 is 16.2 Å². The van der Waals surface area contributed by atoms with E-state index in [0.717, 1.165) is 5.56 Å². The summed E-state index contributed by atoms with van der Waals surface area (Å²) in [6.45, 7) is 3.57. The molecular formula is C14H17ClN4O2. The van der Waals surface area contributed by atoms with Crippen LogP contribution in [0.2, 0.25) is 5.15 Å². The lowest BCUT2D eigenvalue weighted by atomic mass is 10.2. The third-order valence-corrected chi connectivity index (χ3v) is 3.19. The van der Waals surface area contributed by atoms with Crippen LogP contribution in [0.4, 0.5) is 11.4 Å². The number of aromatic nitrogens is 2. The van der Waals surface area contributed by atoms with Gasteiger partial charge in [-0.25, -0.2) is 14.8 Å². The number of pyridine rings is 2. The second-order valence-corrected chi connectivity index (χ2v) is 4.54. The smallest absolute Gasteiger partial charge is 0.356 e. The van der Waals surface area contributed by atoms with E-state index >= 15 is 0 Å². The molecule has 0 radical (unpaired) electrons. The Bertz CT molecular complexity index is 627. The van der Waals surface area contributed by atoms with Gasteiger partial charge in [-0.3, -0.25) is 0 Å². The first kappa shape index (κ1) is 16.7. The van der Waals surface area contributed by atoms with Crippen LogP contribution in [-0.2, 0) is 4.74 Å². The normalized spacial score (nSPS) is 9.52. The van der Waals surface area contributed by atoms with Crippen molar-refractivity contribution in [2.24, 2.45) is 0 Å². The molecule has 0 aliphatic rings. The second kappa shape index (κ2) is 7.44. The average Bonchev–Trinajstić information content (AvgIpc) is 2.47. The Labute approximate surface area is 128 Å². The maximum Gasteiger partial charge on any atom is 0.356 e. The fourth-order valence-corrected chi connectivity index (χ4v) is 1.54. The average molecular weight is 309 g/mol. The molecule has 4 N–H and O–H groups in total. The molecular weight excluding hydrogens is 292 g/mol. The van der Waals surface area contributed by atoms with Crippen molar-refractivity contribution in [2.75, 3.05) is 18.6 Å². The van der Waals surface area contributed by atoms with E-state index in [1.54, 1.807) is 25.3 Å². The molecule has 112 valence electrons. The first-order valence-corrected chi connectivity index (χ1v) is 6.42. The number of hydrogen-bond acceptors (Lipinski definition) is 6. The first-order valence-electron chi connectivity index (χ1n) is 6.04. The molecule has 0 atom stereocenters. The monoisotopic (exact) mass is 308 g/mol. The Hall–Kier alpha value is -2.34. The van der Waals surface area contributed by atoms with Gasteiger partial charge >= 0.3 is 5.97 Å². The van der Waals surface area contributed by atoms with E-state index in [1.807, 2.05) is 6.92 Å². The minimum absolute atomic E-state index is 0.275. The number of hydrogen-bond donors (Lipinski definition) is 2. The number of nitrogens with two attached hydrogens (primary N) is 2. The highest BCUT2D eigenvalue weighted by Crippen LogP contribution is 2.16. The SMILES string of the molecule is COC(=O)c1nccc(N)c1C.Cc1c(N)ccnc1Cl. The maximum atomic E-state index is 11.0. The summed E-state index contributed by atoms with van der Waals surface area (Å²) in [7, 11) is 1.31. The zero-order valence-electron chi connectivity index (χ0n) is 12.1. The van der Waals surface area contributed by atoms with Gasteiger partial charge in [0.25, 0.3) is 0 Å². The molecule has 0 bridgehead atoms. The molecule has 7 heteroatoms. The highest BCUT2D eigenvalue weighted by atomic mass is 35.5. The van der Waals surface area contributed by atoms with Crippen molar-refractivity contribution in [3.63, 3.8) is 0 Å². The summed E-state index contributed by atoms with van der Waals surface area (Å²) in [5.41, 5.74) is 14.1. The molecule has 0 aliphatic heterocycles. The van der Waals surface area contributed by atoms with Crippen LogP contribution in [0.1, 0.15) is 21.6 Å². The van der Waals surface area contributed by atoms with Gasteiger partial charge in [-0.15, -0.1) is 0 Å². The number of methoxy groups -OCH3 is 1. The van der Waals surface area contributed by atoms with Crippen LogP contribution in [0.5, 0.6) is 0 Å². The summed E-state index contributed by atoms with van der Waals surface area (Å²) in [6.07, 6.45) is 3.07. The largest absolute Gasteiger partial charge is 0.464 e. The Morgan fingerprint density at radius 3 is 2.10 bits per heavy atom. The molecule has 0 spiro atoms. The van der Waals surface area contributed by atoms with Crippen LogP contribution >= 0.6 is 11.6 Å². The van der Waals surface area contributed by atoms with E-state index in [9.17, 15) is 4.79 Å². The number of carbonyl (C=O) groups is 1. The molecule has 2 rings (SSSR count). The summed E-state index contributed by atoms with van der Waals surface area (Å²) in [4.78, 5) is 18.7. The summed E-state index contributed by atoms with van der Waals surface area (Å²) in [5, 5.41) is 0.481. The fourth-order valence-electron chi connectivity index (χ4n) is 1.38. The lowest BCUT2D eigenvalue weighted by Crippen LogP contribution is -2.08. The van der Waals surface area contributed by atoms with Crippen molar-refractivity contribution in [1.82, 2.24) is 9.97 Å². The molecule has 0 unspecified atom stereocenters. The molecule has 0 saturated carbocycles. The van der Waals surface area contributed by atoms with Crippen LogP contribution in [0.15, 0.2) is 24.5 Å². The van der Waals surface area contributed by atoms with Gasteiger partial charge in [0.2, 0.25) is 0 Å². The molecule has 0 saturated heterocycles. The van der Waals surface area contributed by atoms with E-state index in [2.05, 4.69) is 14.7 Å². The quantitative estimate of drug-likeness (QED) is 0.619. The molecule has 0 amide bonds. The van der Waals surface area contributed by atoms with Gasteiger partial charge in [0.1, 0.15) is 5.15 Å². The van der Waals surface area contributed by atoms with Crippen LogP contribution < -0.4 is 11.5 Å². The van der Waals surface area contributed by atoms with Crippen LogP contribution in [0.3, 0.4) is 0 Å². The Balaban J connectivity index is 0.000000219. The highest BCUT2D eigenvalue weighted by molar-refractivity contribution is 6.30.